The largest absolute Gasteiger partial charge is 0.341 e. The summed E-state index contributed by atoms with van der Waals surface area (Å²) in [5.41, 5.74) is 3.48. The average Bonchev–Trinajstić information content (AvgIpc) is 2.30. The minimum Gasteiger partial charge on any atom is -0.341 e. The normalized spacial score (nSPS) is 10.4. The number of hydrogen-bond donors (Lipinski definition) is 0. The summed E-state index contributed by atoms with van der Waals surface area (Å²) in [5, 5.41) is 0. The first-order valence-corrected chi connectivity index (χ1v) is 6.51. The van der Waals surface area contributed by atoms with Crippen molar-refractivity contribution in [2.75, 3.05) is 19.0 Å². The molecule has 0 aliphatic heterocycles. The van der Waals surface area contributed by atoms with Crippen LogP contribution in [-0.4, -0.2) is 29.8 Å². The van der Waals surface area contributed by atoms with Gasteiger partial charge in [-0.1, -0.05) is 23.8 Å². The third kappa shape index (κ3) is 4.04. The molecule has 1 aromatic rings. The van der Waals surface area contributed by atoms with Crippen LogP contribution in [0.2, 0.25) is 0 Å². The van der Waals surface area contributed by atoms with Gasteiger partial charge in [0, 0.05) is 19.0 Å². The highest BCUT2D eigenvalue weighted by Gasteiger charge is 2.12. The Morgan fingerprint density at radius 3 is 2.65 bits per heavy atom. The molecule has 0 radical (unpaired) electrons. The summed E-state index contributed by atoms with van der Waals surface area (Å²) >= 11 is 5.68. The highest BCUT2D eigenvalue weighted by molar-refractivity contribution is 6.18. The Labute approximate surface area is 109 Å². The van der Waals surface area contributed by atoms with Crippen molar-refractivity contribution in [1.29, 1.82) is 0 Å². The minimum atomic E-state index is 0.154. The van der Waals surface area contributed by atoms with Gasteiger partial charge in [-0.2, -0.15) is 0 Å². The molecular formula is C14H20ClNO. The molecule has 0 atom stereocenters. The van der Waals surface area contributed by atoms with Crippen molar-refractivity contribution in [3.63, 3.8) is 0 Å². The molecule has 0 unspecified atom stereocenters. The summed E-state index contributed by atoms with van der Waals surface area (Å²) < 4.78 is 0. The highest BCUT2D eigenvalue weighted by Crippen LogP contribution is 2.12. The van der Waals surface area contributed by atoms with E-state index in [1.807, 2.05) is 20.8 Å². The van der Waals surface area contributed by atoms with Crippen molar-refractivity contribution in [1.82, 2.24) is 4.90 Å². The lowest BCUT2D eigenvalue weighted by Crippen LogP contribution is -2.33. The molecule has 0 aliphatic carbocycles. The van der Waals surface area contributed by atoms with Crippen molar-refractivity contribution < 1.29 is 4.79 Å². The van der Waals surface area contributed by atoms with E-state index < -0.39 is 0 Å². The predicted octanol–water partition coefficient (Wildman–Crippen LogP) is 2.93. The van der Waals surface area contributed by atoms with Gasteiger partial charge < -0.3 is 4.90 Å². The number of carbonyl (C=O) groups is 1. The first kappa shape index (κ1) is 14.0. The maximum atomic E-state index is 12.1. The summed E-state index contributed by atoms with van der Waals surface area (Å²) in [6.07, 6.45) is 0.470. The van der Waals surface area contributed by atoms with Gasteiger partial charge in [0.05, 0.1) is 6.42 Å². The predicted molar refractivity (Wildman–Crippen MR) is 72.6 cm³/mol. The molecule has 1 aromatic carbocycles. The standard InChI is InChI=1S/C14H20ClNO/c1-4-16(8-7-15)14(17)10-13-9-11(2)5-6-12(13)3/h5-6,9H,4,7-8,10H2,1-3H3. The van der Waals surface area contributed by atoms with Gasteiger partial charge in [-0.05, 0) is 31.9 Å². The van der Waals surface area contributed by atoms with E-state index in [9.17, 15) is 4.79 Å². The zero-order valence-corrected chi connectivity index (χ0v) is 11.5. The molecule has 0 heterocycles. The maximum absolute atomic E-state index is 12.1. The zero-order valence-electron chi connectivity index (χ0n) is 10.8. The topological polar surface area (TPSA) is 20.3 Å². The van der Waals surface area contributed by atoms with Crippen LogP contribution in [0.3, 0.4) is 0 Å². The average molecular weight is 254 g/mol. The Morgan fingerprint density at radius 1 is 1.35 bits per heavy atom. The van der Waals surface area contributed by atoms with Crippen LogP contribution < -0.4 is 0 Å². The van der Waals surface area contributed by atoms with Crippen molar-refractivity contribution in [2.45, 2.75) is 27.2 Å². The number of hydrogen-bond acceptors (Lipinski definition) is 1. The summed E-state index contributed by atoms with van der Waals surface area (Å²) in [5.74, 6) is 0.647. The van der Waals surface area contributed by atoms with Gasteiger partial charge in [-0.25, -0.2) is 0 Å². The Hall–Kier alpha value is -1.02. The molecule has 0 aromatic heterocycles. The van der Waals surface area contributed by atoms with Crippen LogP contribution in [0, 0.1) is 13.8 Å². The lowest BCUT2D eigenvalue weighted by Gasteiger charge is -2.20. The Balaban J connectivity index is 2.76. The molecule has 17 heavy (non-hydrogen) atoms. The van der Waals surface area contributed by atoms with Crippen LogP contribution in [0.4, 0.5) is 0 Å². The summed E-state index contributed by atoms with van der Waals surface area (Å²) in [6.45, 7) is 7.41. The van der Waals surface area contributed by atoms with E-state index in [0.29, 0.717) is 18.8 Å². The van der Waals surface area contributed by atoms with Crippen molar-refractivity contribution >= 4 is 17.5 Å². The number of likely N-dealkylation sites (N-methyl/N-ethyl adjacent to an activating group) is 1. The van der Waals surface area contributed by atoms with Crippen molar-refractivity contribution in [2.24, 2.45) is 0 Å². The third-order valence-corrected chi connectivity index (χ3v) is 3.10. The molecule has 0 bridgehead atoms. The molecule has 1 amide bonds. The van der Waals surface area contributed by atoms with Crippen LogP contribution in [0.25, 0.3) is 0 Å². The van der Waals surface area contributed by atoms with E-state index in [0.717, 1.165) is 12.1 Å². The summed E-state index contributed by atoms with van der Waals surface area (Å²) in [7, 11) is 0. The first-order valence-electron chi connectivity index (χ1n) is 5.98. The van der Waals surface area contributed by atoms with E-state index in [1.54, 1.807) is 4.90 Å². The van der Waals surface area contributed by atoms with Gasteiger partial charge in [0.25, 0.3) is 0 Å². The number of benzene rings is 1. The number of nitrogens with zero attached hydrogens (tertiary/aromatic N) is 1. The number of amides is 1. The molecule has 3 heteroatoms. The molecule has 0 N–H and O–H groups in total. The lowest BCUT2D eigenvalue weighted by atomic mass is 10.0. The van der Waals surface area contributed by atoms with Crippen LogP contribution in [0.15, 0.2) is 18.2 Å². The van der Waals surface area contributed by atoms with Crippen LogP contribution in [0.1, 0.15) is 23.6 Å². The summed E-state index contributed by atoms with van der Waals surface area (Å²) in [6, 6.07) is 6.22. The molecule has 0 fully saturated rings. The van der Waals surface area contributed by atoms with Crippen molar-refractivity contribution in [3.05, 3.63) is 34.9 Å². The smallest absolute Gasteiger partial charge is 0.227 e. The number of alkyl halides is 1. The fourth-order valence-corrected chi connectivity index (χ4v) is 2.03. The zero-order chi connectivity index (χ0) is 12.8. The SMILES string of the molecule is CCN(CCCl)C(=O)Cc1cc(C)ccc1C. The maximum Gasteiger partial charge on any atom is 0.227 e. The molecule has 0 aliphatic rings. The van der Waals surface area contributed by atoms with E-state index in [-0.39, 0.29) is 5.91 Å². The van der Waals surface area contributed by atoms with Gasteiger partial charge in [-0.3, -0.25) is 4.79 Å². The number of carbonyl (C=O) groups excluding carboxylic acids is 1. The van der Waals surface area contributed by atoms with Gasteiger partial charge in [0.1, 0.15) is 0 Å². The lowest BCUT2D eigenvalue weighted by molar-refractivity contribution is -0.130. The van der Waals surface area contributed by atoms with E-state index in [1.165, 1.54) is 11.1 Å². The van der Waals surface area contributed by atoms with Crippen LogP contribution in [0.5, 0.6) is 0 Å². The fourth-order valence-electron chi connectivity index (χ4n) is 1.83. The van der Waals surface area contributed by atoms with E-state index >= 15 is 0 Å². The first-order chi connectivity index (χ1) is 8.08. The molecule has 94 valence electrons. The monoisotopic (exact) mass is 253 g/mol. The van der Waals surface area contributed by atoms with Gasteiger partial charge in [0.2, 0.25) is 5.91 Å². The Morgan fingerprint density at radius 2 is 2.06 bits per heavy atom. The Kier molecular flexibility index (Phi) is 5.49. The molecule has 0 spiro atoms. The van der Waals surface area contributed by atoms with Crippen LogP contribution >= 0.6 is 11.6 Å². The second-order valence-corrected chi connectivity index (χ2v) is 4.65. The fraction of sp³-hybridized carbons (Fsp3) is 0.500. The third-order valence-electron chi connectivity index (χ3n) is 2.94. The second-order valence-electron chi connectivity index (χ2n) is 4.27. The molecule has 1 rings (SSSR count). The van der Waals surface area contributed by atoms with E-state index in [4.69, 9.17) is 11.6 Å². The molecule has 2 nitrogen and oxygen atoms in total. The van der Waals surface area contributed by atoms with Gasteiger partial charge in [0.15, 0.2) is 0 Å². The highest BCUT2D eigenvalue weighted by atomic mass is 35.5. The number of aryl methyl sites for hydroxylation is 2. The number of rotatable bonds is 5. The molecule has 0 saturated heterocycles. The van der Waals surface area contributed by atoms with Crippen molar-refractivity contribution in [3.8, 4) is 0 Å². The molecular weight excluding hydrogens is 234 g/mol. The second kappa shape index (κ2) is 6.65. The molecule has 0 saturated carbocycles. The van der Waals surface area contributed by atoms with E-state index in [2.05, 4.69) is 18.2 Å². The van der Waals surface area contributed by atoms with Gasteiger partial charge >= 0.3 is 0 Å². The van der Waals surface area contributed by atoms with Gasteiger partial charge in [-0.15, -0.1) is 11.6 Å². The number of halogens is 1. The van der Waals surface area contributed by atoms with Crippen LogP contribution in [-0.2, 0) is 11.2 Å². The summed E-state index contributed by atoms with van der Waals surface area (Å²) in [4.78, 5) is 13.9. The minimum absolute atomic E-state index is 0.154. The Bertz CT molecular complexity index is 390. The quantitative estimate of drug-likeness (QED) is 0.739.